The average Bonchev–Trinajstić information content (AvgIpc) is 2.83. The Kier molecular flexibility index (Phi) is 4.55. The second kappa shape index (κ2) is 6.77. The molecule has 2 aliphatic rings. The van der Waals surface area contributed by atoms with Crippen LogP contribution in [0.1, 0.15) is 24.8 Å². The van der Waals surface area contributed by atoms with E-state index in [1.54, 1.807) is 0 Å². The fraction of sp³-hybridized carbons (Fsp3) is 0.389. The molecule has 5 heteroatoms. The normalized spacial score (nSPS) is 23.0. The van der Waals surface area contributed by atoms with Crippen molar-refractivity contribution in [1.82, 2.24) is 10.2 Å². The minimum absolute atomic E-state index is 0.125. The van der Waals surface area contributed by atoms with Crippen molar-refractivity contribution >= 4 is 17.7 Å². The van der Waals surface area contributed by atoms with Gasteiger partial charge in [0.2, 0.25) is 17.7 Å². The molecule has 1 N–H and O–H groups in total. The number of imide groups is 1. The molecule has 3 rings (SSSR count). The second-order valence-electron chi connectivity index (χ2n) is 6.00. The number of likely N-dealkylation sites (tertiary alicyclic amines) is 1. The first kappa shape index (κ1) is 15.5. The molecule has 1 aromatic carbocycles. The highest BCUT2D eigenvalue weighted by Crippen LogP contribution is 2.34. The van der Waals surface area contributed by atoms with Gasteiger partial charge in [0.25, 0.3) is 0 Å². The molecule has 0 spiro atoms. The van der Waals surface area contributed by atoms with E-state index in [0.29, 0.717) is 19.4 Å². The largest absolute Gasteiger partial charge is 0.352 e. The summed E-state index contributed by atoms with van der Waals surface area (Å²) in [5.74, 6) is -0.845. The maximum Gasteiger partial charge on any atom is 0.233 e. The van der Waals surface area contributed by atoms with Crippen molar-refractivity contribution in [1.29, 1.82) is 0 Å². The SMILES string of the molecule is O=C(CCN1C(=O)[C@@H]2CC=CC[C@H]2C1=O)NCc1ccccc1. The minimum Gasteiger partial charge on any atom is -0.352 e. The summed E-state index contributed by atoms with van der Waals surface area (Å²) in [7, 11) is 0. The standard InChI is InChI=1S/C18H20N2O3/c21-16(19-12-13-6-2-1-3-7-13)10-11-20-17(22)14-8-4-5-9-15(14)18(20)23/h1-7,14-15H,8-12H2,(H,19,21)/t14-,15-/m1/s1. The fourth-order valence-electron chi connectivity index (χ4n) is 3.19. The van der Waals surface area contributed by atoms with Crippen LogP contribution in [0.2, 0.25) is 0 Å². The summed E-state index contributed by atoms with van der Waals surface area (Å²) in [4.78, 5) is 37.8. The van der Waals surface area contributed by atoms with Crippen molar-refractivity contribution in [2.75, 3.05) is 6.54 Å². The monoisotopic (exact) mass is 312 g/mol. The third-order valence-corrected chi connectivity index (χ3v) is 4.49. The molecular weight excluding hydrogens is 292 g/mol. The highest BCUT2D eigenvalue weighted by molar-refractivity contribution is 6.05. The topological polar surface area (TPSA) is 66.5 Å². The van der Waals surface area contributed by atoms with Crippen LogP contribution in [0, 0.1) is 11.8 Å². The van der Waals surface area contributed by atoms with Crippen LogP contribution in [-0.4, -0.2) is 29.2 Å². The Labute approximate surface area is 135 Å². The highest BCUT2D eigenvalue weighted by atomic mass is 16.2. The summed E-state index contributed by atoms with van der Waals surface area (Å²) < 4.78 is 0. The van der Waals surface area contributed by atoms with Crippen LogP contribution in [-0.2, 0) is 20.9 Å². The Bertz CT molecular complexity index is 613. The third-order valence-electron chi connectivity index (χ3n) is 4.49. The van der Waals surface area contributed by atoms with Crippen LogP contribution in [0.4, 0.5) is 0 Å². The quantitative estimate of drug-likeness (QED) is 0.664. The second-order valence-corrected chi connectivity index (χ2v) is 6.00. The van der Waals surface area contributed by atoms with Crippen molar-refractivity contribution in [2.24, 2.45) is 11.8 Å². The maximum atomic E-state index is 12.3. The molecule has 23 heavy (non-hydrogen) atoms. The summed E-state index contributed by atoms with van der Waals surface area (Å²) in [5, 5.41) is 2.81. The zero-order valence-corrected chi connectivity index (χ0v) is 12.9. The Morgan fingerprint density at radius 2 is 1.65 bits per heavy atom. The van der Waals surface area contributed by atoms with Gasteiger partial charge in [0.15, 0.2) is 0 Å². The highest BCUT2D eigenvalue weighted by Gasteiger charge is 2.46. The lowest BCUT2D eigenvalue weighted by atomic mass is 9.85. The van der Waals surface area contributed by atoms with Gasteiger partial charge in [-0.05, 0) is 18.4 Å². The predicted molar refractivity (Wildman–Crippen MR) is 85.0 cm³/mol. The minimum atomic E-state index is -0.222. The molecule has 1 heterocycles. The number of hydrogen-bond donors (Lipinski definition) is 1. The third kappa shape index (κ3) is 3.33. The number of fused-ring (bicyclic) bond motifs is 1. The van der Waals surface area contributed by atoms with Gasteiger partial charge in [0.1, 0.15) is 0 Å². The van der Waals surface area contributed by atoms with Gasteiger partial charge in [0.05, 0.1) is 11.8 Å². The molecule has 3 amide bonds. The van der Waals surface area contributed by atoms with E-state index in [2.05, 4.69) is 5.32 Å². The first-order valence-electron chi connectivity index (χ1n) is 7.97. The molecule has 0 bridgehead atoms. The van der Waals surface area contributed by atoms with Gasteiger partial charge in [0, 0.05) is 19.5 Å². The molecule has 2 atom stereocenters. The van der Waals surface area contributed by atoms with E-state index in [9.17, 15) is 14.4 Å². The van der Waals surface area contributed by atoms with Gasteiger partial charge in [-0.25, -0.2) is 0 Å². The van der Waals surface area contributed by atoms with E-state index in [1.165, 1.54) is 4.90 Å². The number of nitrogens with one attached hydrogen (secondary N) is 1. The van der Waals surface area contributed by atoms with Gasteiger partial charge < -0.3 is 5.32 Å². The van der Waals surface area contributed by atoms with Crippen LogP contribution in [0.3, 0.4) is 0 Å². The van der Waals surface area contributed by atoms with Crippen LogP contribution in [0.15, 0.2) is 42.5 Å². The molecule has 1 aliphatic carbocycles. The van der Waals surface area contributed by atoms with Crippen molar-refractivity contribution in [3.05, 3.63) is 48.0 Å². The Hall–Kier alpha value is -2.43. The van der Waals surface area contributed by atoms with Crippen molar-refractivity contribution in [3.8, 4) is 0 Å². The molecular formula is C18H20N2O3. The van der Waals surface area contributed by atoms with Crippen LogP contribution in [0.25, 0.3) is 0 Å². The number of rotatable bonds is 5. The van der Waals surface area contributed by atoms with E-state index in [0.717, 1.165) is 5.56 Å². The Morgan fingerprint density at radius 3 is 2.26 bits per heavy atom. The lowest BCUT2D eigenvalue weighted by molar-refractivity contribution is -0.140. The van der Waals surface area contributed by atoms with E-state index in [4.69, 9.17) is 0 Å². The fourth-order valence-corrected chi connectivity index (χ4v) is 3.19. The van der Waals surface area contributed by atoms with Gasteiger partial charge in [-0.3, -0.25) is 19.3 Å². The lowest BCUT2D eigenvalue weighted by Crippen LogP contribution is -2.35. The zero-order chi connectivity index (χ0) is 16.2. The maximum absolute atomic E-state index is 12.3. The summed E-state index contributed by atoms with van der Waals surface area (Å²) in [6.45, 7) is 0.627. The molecule has 0 radical (unpaired) electrons. The molecule has 0 aromatic heterocycles. The summed E-state index contributed by atoms with van der Waals surface area (Å²) in [6.07, 6.45) is 5.33. The van der Waals surface area contributed by atoms with E-state index in [1.807, 2.05) is 42.5 Å². The number of benzene rings is 1. The number of nitrogens with zero attached hydrogens (tertiary/aromatic N) is 1. The van der Waals surface area contributed by atoms with Crippen molar-refractivity contribution in [2.45, 2.75) is 25.8 Å². The van der Waals surface area contributed by atoms with Crippen LogP contribution >= 0.6 is 0 Å². The van der Waals surface area contributed by atoms with Crippen molar-refractivity contribution < 1.29 is 14.4 Å². The van der Waals surface area contributed by atoms with Gasteiger partial charge in [-0.15, -0.1) is 0 Å². The number of carbonyl (C=O) groups excluding carboxylic acids is 3. The lowest BCUT2D eigenvalue weighted by Gasteiger charge is -2.14. The average molecular weight is 312 g/mol. The smallest absolute Gasteiger partial charge is 0.233 e. The van der Waals surface area contributed by atoms with E-state index in [-0.39, 0.29) is 42.5 Å². The van der Waals surface area contributed by atoms with Crippen LogP contribution < -0.4 is 5.32 Å². The molecule has 1 saturated heterocycles. The first-order chi connectivity index (χ1) is 11.2. The number of allylic oxidation sites excluding steroid dienone is 2. The molecule has 0 unspecified atom stereocenters. The number of amides is 3. The Balaban J connectivity index is 1.49. The number of carbonyl (C=O) groups is 3. The molecule has 5 nitrogen and oxygen atoms in total. The predicted octanol–water partition coefficient (Wildman–Crippen LogP) is 1.64. The van der Waals surface area contributed by atoms with Gasteiger partial charge in [-0.1, -0.05) is 42.5 Å². The Morgan fingerprint density at radius 1 is 1.04 bits per heavy atom. The summed E-state index contributed by atoms with van der Waals surface area (Å²) in [5.41, 5.74) is 1.02. The van der Waals surface area contributed by atoms with Gasteiger partial charge >= 0.3 is 0 Å². The molecule has 0 saturated carbocycles. The molecule has 1 aliphatic heterocycles. The molecule has 120 valence electrons. The summed E-state index contributed by atoms with van der Waals surface area (Å²) >= 11 is 0. The van der Waals surface area contributed by atoms with Gasteiger partial charge in [-0.2, -0.15) is 0 Å². The molecule has 1 fully saturated rings. The van der Waals surface area contributed by atoms with Crippen LogP contribution in [0.5, 0.6) is 0 Å². The van der Waals surface area contributed by atoms with E-state index < -0.39 is 0 Å². The first-order valence-corrected chi connectivity index (χ1v) is 7.97. The zero-order valence-electron chi connectivity index (χ0n) is 12.9. The molecule has 1 aromatic rings. The number of hydrogen-bond acceptors (Lipinski definition) is 3. The summed E-state index contributed by atoms with van der Waals surface area (Å²) in [6, 6.07) is 9.62. The van der Waals surface area contributed by atoms with E-state index >= 15 is 0 Å². The van der Waals surface area contributed by atoms with Crippen molar-refractivity contribution in [3.63, 3.8) is 0 Å².